The predicted octanol–water partition coefficient (Wildman–Crippen LogP) is 12.6. The molecule has 1 aliphatic heterocycles. The fourth-order valence-electron chi connectivity index (χ4n) is 6.49. The fraction of sp³-hybridized carbons (Fsp3) is 1.00. The molecule has 0 aromatic heterocycles. The number of ether oxygens (including phenoxy) is 2. The van der Waals surface area contributed by atoms with Crippen LogP contribution in [-0.2, 0) is 23.1 Å². The molecule has 1 saturated heterocycles. The summed E-state index contributed by atoms with van der Waals surface area (Å²) in [5, 5.41) is 0. The zero-order chi connectivity index (χ0) is 32.0. The molecular formula is C37H75O6P. The molecule has 0 bridgehead atoms. The number of hydrogen-bond acceptors (Lipinski definition) is 5. The molecule has 264 valence electrons. The molecule has 1 fully saturated rings. The van der Waals surface area contributed by atoms with E-state index >= 15 is 0 Å². The van der Waals surface area contributed by atoms with E-state index < -0.39 is 13.6 Å². The SMILES string of the molecule is CCCCCCCCCCCCCCCCC1(CCCCCCCCCCCCCCCC)OCC(COP(=O)(O)OC)O1. The van der Waals surface area contributed by atoms with E-state index in [1.54, 1.807) is 0 Å². The van der Waals surface area contributed by atoms with Crippen LogP contribution in [0.1, 0.15) is 206 Å². The number of phosphoric acid groups is 1. The molecule has 2 atom stereocenters. The topological polar surface area (TPSA) is 74.2 Å². The van der Waals surface area contributed by atoms with Crippen molar-refractivity contribution in [1.82, 2.24) is 0 Å². The van der Waals surface area contributed by atoms with Gasteiger partial charge >= 0.3 is 7.82 Å². The first-order chi connectivity index (χ1) is 21.5. The molecule has 1 N–H and O–H groups in total. The van der Waals surface area contributed by atoms with Crippen molar-refractivity contribution in [2.75, 3.05) is 20.3 Å². The van der Waals surface area contributed by atoms with Crippen molar-refractivity contribution in [2.24, 2.45) is 0 Å². The number of rotatable bonds is 34. The Morgan fingerprint density at radius 2 is 0.909 bits per heavy atom. The van der Waals surface area contributed by atoms with Gasteiger partial charge in [-0.1, -0.05) is 181 Å². The minimum atomic E-state index is -4.01. The van der Waals surface area contributed by atoms with Gasteiger partial charge < -0.3 is 14.4 Å². The van der Waals surface area contributed by atoms with Gasteiger partial charge in [-0.25, -0.2) is 4.57 Å². The van der Waals surface area contributed by atoms with Crippen LogP contribution in [0.3, 0.4) is 0 Å². The van der Waals surface area contributed by atoms with Gasteiger partial charge in [-0.05, 0) is 12.8 Å². The third kappa shape index (κ3) is 24.2. The summed E-state index contributed by atoms with van der Waals surface area (Å²) in [7, 11) is -2.83. The van der Waals surface area contributed by atoms with Gasteiger partial charge in [-0.15, -0.1) is 0 Å². The Morgan fingerprint density at radius 1 is 0.591 bits per heavy atom. The van der Waals surface area contributed by atoms with E-state index in [0.29, 0.717) is 6.61 Å². The molecular weight excluding hydrogens is 571 g/mol. The molecule has 7 heteroatoms. The zero-order valence-corrected chi connectivity index (χ0v) is 30.5. The maximum Gasteiger partial charge on any atom is 0.472 e. The molecule has 44 heavy (non-hydrogen) atoms. The van der Waals surface area contributed by atoms with Gasteiger partial charge in [0, 0.05) is 20.0 Å². The average molecular weight is 647 g/mol. The highest BCUT2D eigenvalue weighted by Gasteiger charge is 2.41. The first-order valence-electron chi connectivity index (χ1n) is 19.3. The van der Waals surface area contributed by atoms with Crippen LogP contribution in [0.15, 0.2) is 0 Å². The van der Waals surface area contributed by atoms with E-state index in [0.717, 1.165) is 25.7 Å². The molecule has 0 aromatic rings. The second kappa shape index (κ2) is 29.2. The second-order valence-corrected chi connectivity index (χ2v) is 15.2. The van der Waals surface area contributed by atoms with Crippen LogP contribution >= 0.6 is 7.82 Å². The monoisotopic (exact) mass is 647 g/mol. The summed E-state index contributed by atoms with van der Waals surface area (Å²) in [6.07, 6.45) is 39.1. The van der Waals surface area contributed by atoms with Crippen LogP contribution in [0.4, 0.5) is 0 Å². The lowest BCUT2D eigenvalue weighted by Crippen LogP contribution is -2.32. The molecule has 1 heterocycles. The third-order valence-corrected chi connectivity index (χ3v) is 10.3. The van der Waals surface area contributed by atoms with Crippen molar-refractivity contribution < 1.29 is 28.0 Å². The summed E-state index contributed by atoms with van der Waals surface area (Å²) in [5.74, 6) is -0.575. The van der Waals surface area contributed by atoms with Gasteiger partial charge in [0.25, 0.3) is 0 Å². The lowest BCUT2D eigenvalue weighted by Gasteiger charge is -2.28. The maximum absolute atomic E-state index is 11.8. The predicted molar refractivity (Wildman–Crippen MR) is 186 cm³/mol. The van der Waals surface area contributed by atoms with Crippen LogP contribution in [0.2, 0.25) is 0 Å². The molecule has 0 amide bonds. The smallest absolute Gasteiger partial charge is 0.347 e. The first kappa shape index (κ1) is 42.1. The van der Waals surface area contributed by atoms with Crippen molar-refractivity contribution in [2.45, 2.75) is 218 Å². The highest BCUT2D eigenvalue weighted by molar-refractivity contribution is 7.47. The molecule has 0 saturated carbocycles. The molecule has 0 aromatic carbocycles. The van der Waals surface area contributed by atoms with E-state index in [1.165, 1.54) is 174 Å². The Bertz CT molecular complexity index is 628. The number of hydrogen-bond donors (Lipinski definition) is 1. The Labute approximate surface area is 274 Å². The Kier molecular flexibility index (Phi) is 27.9. The Balaban J connectivity index is 2.20. The second-order valence-electron chi connectivity index (χ2n) is 13.6. The standard InChI is InChI=1S/C37H75O6P/c1-4-6-8-10-12-14-16-18-20-22-24-26-28-30-32-37(41-34-36(43-37)35-42-44(38,39)40-3)33-31-29-27-25-23-21-19-17-15-13-11-9-7-5-2/h36H,4-35H2,1-3H3,(H,38,39). The van der Waals surface area contributed by atoms with Gasteiger partial charge in [0.15, 0.2) is 5.79 Å². The van der Waals surface area contributed by atoms with Crippen molar-refractivity contribution in [3.8, 4) is 0 Å². The molecule has 0 radical (unpaired) electrons. The fourth-order valence-corrected chi connectivity index (χ4v) is 6.95. The van der Waals surface area contributed by atoms with Crippen LogP contribution in [0.25, 0.3) is 0 Å². The number of phosphoric ester groups is 1. The van der Waals surface area contributed by atoms with E-state index in [2.05, 4.69) is 18.4 Å². The van der Waals surface area contributed by atoms with Gasteiger partial charge in [0.1, 0.15) is 6.10 Å². The van der Waals surface area contributed by atoms with Crippen molar-refractivity contribution in [1.29, 1.82) is 0 Å². The van der Waals surface area contributed by atoms with E-state index in [-0.39, 0.29) is 12.7 Å². The van der Waals surface area contributed by atoms with Crippen LogP contribution in [0.5, 0.6) is 0 Å². The maximum atomic E-state index is 11.8. The van der Waals surface area contributed by atoms with E-state index in [1.807, 2.05) is 0 Å². The minimum Gasteiger partial charge on any atom is -0.347 e. The highest BCUT2D eigenvalue weighted by Crippen LogP contribution is 2.43. The summed E-state index contributed by atoms with van der Waals surface area (Å²) in [4.78, 5) is 9.62. The van der Waals surface area contributed by atoms with E-state index in [9.17, 15) is 9.46 Å². The molecule has 0 spiro atoms. The summed E-state index contributed by atoms with van der Waals surface area (Å²) >= 11 is 0. The number of unbranched alkanes of at least 4 members (excludes halogenated alkanes) is 26. The minimum absolute atomic E-state index is 0.0147. The molecule has 2 unspecified atom stereocenters. The summed E-state index contributed by atoms with van der Waals surface area (Å²) in [5.41, 5.74) is 0. The lowest BCUT2D eigenvalue weighted by atomic mass is 9.98. The van der Waals surface area contributed by atoms with Crippen LogP contribution in [0, 0.1) is 0 Å². The molecule has 1 rings (SSSR count). The largest absolute Gasteiger partial charge is 0.472 e. The normalized spacial score (nSPS) is 17.8. The Morgan fingerprint density at radius 3 is 1.23 bits per heavy atom. The summed E-state index contributed by atoms with van der Waals surface area (Å²) in [6, 6.07) is 0. The molecule has 1 aliphatic rings. The van der Waals surface area contributed by atoms with Crippen molar-refractivity contribution >= 4 is 7.82 Å². The average Bonchev–Trinajstić information content (AvgIpc) is 3.43. The van der Waals surface area contributed by atoms with Gasteiger partial charge in [-0.2, -0.15) is 0 Å². The first-order valence-corrected chi connectivity index (χ1v) is 20.8. The van der Waals surface area contributed by atoms with Gasteiger partial charge in [0.2, 0.25) is 0 Å². The van der Waals surface area contributed by atoms with Crippen molar-refractivity contribution in [3.05, 3.63) is 0 Å². The van der Waals surface area contributed by atoms with Crippen LogP contribution in [-0.4, -0.2) is 37.1 Å². The summed E-state index contributed by atoms with van der Waals surface area (Å²) < 4.78 is 34.0. The van der Waals surface area contributed by atoms with Gasteiger partial charge in [0.05, 0.1) is 13.2 Å². The Hall–Kier alpha value is 0.0300. The third-order valence-electron chi connectivity index (χ3n) is 9.39. The van der Waals surface area contributed by atoms with Crippen LogP contribution < -0.4 is 0 Å². The molecule has 6 nitrogen and oxygen atoms in total. The van der Waals surface area contributed by atoms with Gasteiger partial charge in [-0.3, -0.25) is 9.05 Å². The highest BCUT2D eigenvalue weighted by atomic mass is 31.2. The quantitative estimate of drug-likeness (QED) is 0.0554. The molecule has 0 aliphatic carbocycles. The zero-order valence-electron chi connectivity index (χ0n) is 29.6. The summed E-state index contributed by atoms with van der Waals surface area (Å²) in [6.45, 7) is 4.98. The van der Waals surface area contributed by atoms with E-state index in [4.69, 9.17) is 14.0 Å². The lowest BCUT2D eigenvalue weighted by molar-refractivity contribution is -0.182. The van der Waals surface area contributed by atoms with Crippen molar-refractivity contribution in [3.63, 3.8) is 0 Å².